The smallest absolute Gasteiger partial charge is 0.438 e. The van der Waals surface area contributed by atoms with Crippen molar-refractivity contribution >= 4 is 29.1 Å². The summed E-state index contributed by atoms with van der Waals surface area (Å²) < 4.78 is 11.3. The second kappa shape index (κ2) is 9.73. The largest absolute Gasteiger partial charge is 0.497 e. The van der Waals surface area contributed by atoms with Crippen LogP contribution in [-0.4, -0.2) is 28.9 Å². The van der Waals surface area contributed by atoms with Crippen molar-refractivity contribution in [3.63, 3.8) is 0 Å². The molecule has 0 bridgehead atoms. The highest BCUT2D eigenvalue weighted by molar-refractivity contribution is 8.00. The van der Waals surface area contributed by atoms with Gasteiger partial charge in [-0.2, -0.15) is 5.26 Å². The summed E-state index contributed by atoms with van der Waals surface area (Å²) in [6, 6.07) is 19.3. The van der Waals surface area contributed by atoms with Crippen molar-refractivity contribution < 1.29 is 18.7 Å². The highest BCUT2D eigenvalue weighted by Gasteiger charge is 2.30. The zero-order valence-electron chi connectivity index (χ0n) is 17.2. The molecule has 0 atom stereocenters. The number of thioether (sulfide) groups is 1. The Morgan fingerprint density at radius 1 is 1.18 bits per heavy atom. The van der Waals surface area contributed by atoms with E-state index in [-0.39, 0.29) is 11.4 Å². The first-order valence-electron chi connectivity index (χ1n) is 9.61. The van der Waals surface area contributed by atoms with E-state index in [4.69, 9.17) is 20.9 Å². The Morgan fingerprint density at radius 3 is 2.58 bits per heavy atom. The summed E-state index contributed by atoms with van der Waals surface area (Å²) in [6.45, 7) is 0. The molecular weight excluding hydrogens is 464 g/mol. The van der Waals surface area contributed by atoms with Gasteiger partial charge in [0.2, 0.25) is 11.5 Å². The third-order valence-electron chi connectivity index (χ3n) is 4.70. The molecule has 33 heavy (non-hydrogen) atoms. The maximum absolute atomic E-state index is 12.9. The first kappa shape index (κ1) is 22.3. The maximum Gasteiger partial charge on any atom is 0.438 e. The Hall–Kier alpha value is -3.87. The van der Waals surface area contributed by atoms with Crippen molar-refractivity contribution in [2.24, 2.45) is 0 Å². The molecule has 0 radical (unpaired) electrons. The molecule has 1 N–H and O–H groups in total. The van der Waals surface area contributed by atoms with E-state index in [1.54, 1.807) is 55.6 Å². The van der Waals surface area contributed by atoms with Gasteiger partial charge in [0, 0.05) is 22.7 Å². The molecule has 0 aliphatic carbocycles. The maximum atomic E-state index is 12.9. The van der Waals surface area contributed by atoms with Crippen molar-refractivity contribution in [3.05, 3.63) is 87.4 Å². The number of halogens is 1. The summed E-state index contributed by atoms with van der Waals surface area (Å²) in [5.41, 5.74) is 1.35. The van der Waals surface area contributed by atoms with Crippen molar-refractivity contribution in [2.75, 3.05) is 12.9 Å². The fraction of sp³-hybridized carbons (Fsp3) is 0.0870. The lowest BCUT2D eigenvalue weighted by Crippen LogP contribution is -2.41. The SMILES string of the molecule is COc1ccc(-[n+]2[nH]oc(=O)c2C(=O)CSc2nc(-c3ccc(Cl)cc3)ccc2C#N)cc1. The van der Waals surface area contributed by atoms with Crippen molar-refractivity contribution in [2.45, 2.75) is 5.03 Å². The molecule has 2 aromatic carbocycles. The Morgan fingerprint density at radius 2 is 1.91 bits per heavy atom. The Bertz CT molecular complexity index is 1410. The first-order valence-corrected chi connectivity index (χ1v) is 11.0. The van der Waals surface area contributed by atoms with Gasteiger partial charge >= 0.3 is 11.3 Å². The van der Waals surface area contributed by atoms with Crippen LogP contribution in [0.15, 0.2) is 75.0 Å². The number of nitrogens with zero attached hydrogens (tertiary/aromatic N) is 3. The van der Waals surface area contributed by atoms with Gasteiger partial charge in [-0.3, -0.25) is 9.32 Å². The second-order valence-corrected chi connectivity index (χ2v) is 8.14. The number of ketones is 1. The van der Waals surface area contributed by atoms with Gasteiger partial charge < -0.3 is 4.74 Å². The zero-order valence-corrected chi connectivity index (χ0v) is 18.8. The summed E-state index contributed by atoms with van der Waals surface area (Å²) in [5.74, 6) is 0.0301. The number of rotatable bonds is 7. The quantitative estimate of drug-likeness (QED) is 0.243. The van der Waals surface area contributed by atoms with E-state index in [0.717, 1.165) is 17.3 Å². The van der Waals surface area contributed by atoms with E-state index in [9.17, 15) is 14.9 Å². The van der Waals surface area contributed by atoms with Gasteiger partial charge in [-0.05, 0) is 46.4 Å². The third-order valence-corrected chi connectivity index (χ3v) is 5.95. The number of carbonyl (C=O) groups is 1. The molecule has 0 amide bonds. The van der Waals surface area contributed by atoms with Crippen LogP contribution < -0.4 is 15.0 Å². The van der Waals surface area contributed by atoms with Crippen LogP contribution in [0.25, 0.3) is 16.9 Å². The van der Waals surface area contributed by atoms with E-state index >= 15 is 0 Å². The van der Waals surface area contributed by atoms with Gasteiger partial charge in [0.25, 0.3) is 0 Å². The van der Waals surface area contributed by atoms with E-state index in [2.05, 4.69) is 16.3 Å². The molecule has 8 nitrogen and oxygen atoms in total. The summed E-state index contributed by atoms with van der Waals surface area (Å²) in [7, 11) is 1.54. The predicted octanol–water partition coefficient (Wildman–Crippen LogP) is 3.82. The number of Topliss-reactive ketones (excluding diaryl/α,β-unsaturated/α-hetero) is 1. The van der Waals surface area contributed by atoms with Crippen LogP contribution in [0, 0.1) is 11.3 Å². The topological polar surface area (TPSA) is 113 Å². The number of nitrogens with one attached hydrogen (secondary N) is 1. The summed E-state index contributed by atoms with van der Waals surface area (Å²) in [4.78, 5) is 29.7. The number of aromatic nitrogens is 3. The van der Waals surface area contributed by atoms with Crippen LogP contribution in [0.1, 0.15) is 16.1 Å². The van der Waals surface area contributed by atoms with Crippen molar-refractivity contribution in [1.82, 2.24) is 10.3 Å². The van der Waals surface area contributed by atoms with Gasteiger partial charge in [0.15, 0.2) is 0 Å². The minimum Gasteiger partial charge on any atom is -0.497 e. The number of pyridine rings is 1. The lowest BCUT2D eigenvalue weighted by Gasteiger charge is -2.06. The van der Waals surface area contributed by atoms with Crippen LogP contribution in [0.3, 0.4) is 0 Å². The fourth-order valence-electron chi connectivity index (χ4n) is 3.04. The molecule has 4 rings (SSSR count). The average Bonchev–Trinajstić information content (AvgIpc) is 3.24. The predicted molar refractivity (Wildman–Crippen MR) is 122 cm³/mol. The molecular formula is C23H16ClN4O4S+. The fourth-order valence-corrected chi connectivity index (χ4v) is 4.01. The number of ether oxygens (including phenoxy) is 1. The molecule has 2 heterocycles. The molecule has 0 saturated carbocycles. The molecule has 10 heteroatoms. The Kier molecular flexibility index (Phi) is 6.58. The first-order chi connectivity index (χ1) is 16.0. The second-order valence-electron chi connectivity index (χ2n) is 6.74. The van der Waals surface area contributed by atoms with Crippen LogP contribution in [0.2, 0.25) is 5.02 Å². The number of hydrogen-bond acceptors (Lipinski definition) is 7. The van der Waals surface area contributed by atoms with E-state index in [1.165, 1.54) is 4.68 Å². The summed E-state index contributed by atoms with van der Waals surface area (Å²) >= 11 is 7.02. The molecule has 0 aliphatic rings. The molecule has 0 saturated heterocycles. The third kappa shape index (κ3) is 4.82. The van der Waals surface area contributed by atoms with E-state index < -0.39 is 11.4 Å². The van der Waals surface area contributed by atoms with Gasteiger partial charge in [0.05, 0.1) is 24.1 Å². The Balaban J connectivity index is 1.59. The molecule has 0 aliphatic heterocycles. The summed E-state index contributed by atoms with van der Waals surface area (Å²) in [5, 5.41) is 12.9. The highest BCUT2D eigenvalue weighted by atomic mass is 35.5. The lowest BCUT2D eigenvalue weighted by molar-refractivity contribution is -0.672. The number of hydrogen-bond donors (Lipinski definition) is 1. The molecule has 0 spiro atoms. The van der Waals surface area contributed by atoms with Crippen molar-refractivity contribution in [3.8, 4) is 28.8 Å². The van der Waals surface area contributed by atoms with Gasteiger partial charge in [-0.15, -0.1) is 0 Å². The molecule has 4 aromatic rings. The number of nitriles is 1. The Labute approximate surface area is 197 Å². The number of H-pyrrole nitrogens is 1. The van der Waals surface area contributed by atoms with Gasteiger partial charge in [-0.1, -0.05) is 35.5 Å². The molecule has 0 fully saturated rings. The van der Waals surface area contributed by atoms with Crippen LogP contribution in [-0.2, 0) is 0 Å². The average molecular weight is 480 g/mol. The van der Waals surface area contributed by atoms with Crippen LogP contribution >= 0.6 is 23.4 Å². The monoisotopic (exact) mass is 479 g/mol. The van der Waals surface area contributed by atoms with E-state index in [0.29, 0.717) is 32.7 Å². The van der Waals surface area contributed by atoms with Crippen LogP contribution in [0.5, 0.6) is 5.75 Å². The number of carbonyl (C=O) groups excluding carboxylic acids is 1. The zero-order chi connectivity index (χ0) is 23.4. The number of methoxy groups -OCH3 is 1. The van der Waals surface area contributed by atoms with Crippen molar-refractivity contribution in [1.29, 1.82) is 5.26 Å². The minimum atomic E-state index is -0.792. The summed E-state index contributed by atoms with van der Waals surface area (Å²) in [6.07, 6.45) is 0. The standard InChI is InChI=1S/C23H15ClN4O4S/c1-31-18-9-7-17(8-10-18)28-21(23(30)32-27-28)20(29)13-33-22-15(12-25)4-11-19(26-22)14-2-5-16(24)6-3-14/h2-11H,13H2,1H3/p+1. The normalized spacial score (nSPS) is 10.6. The number of aromatic amines is 1. The van der Waals surface area contributed by atoms with E-state index in [1.807, 2.05) is 12.1 Å². The number of benzene rings is 2. The molecule has 164 valence electrons. The molecule has 0 unspecified atom stereocenters. The lowest BCUT2D eigenvalue weighted by atomic mass is 10.1. The van der Waals surface area contributed by atoms with Crippen LogP contribution in [0.4, 0.5) is 0 Å². The van der Waals surface area contributed by atoms with Gasteiger partial charge in [-0.25, -0.2) is 9.78 Å². The van der Waals surface area contributed by atoms with Gasteiger partial charge in [0.1, 0.15) is 16.8 Å². The highest BCUT2D eigenvalue weighted by Crippen LogP contribution is 2.26. The molecule has 2 aromatic heterocycles. The minimum absolute atomic E-state index is 0.121.